The minimum atomic E-state index is -0.972. The predicted octanol–water partition coefficient (Wildman–Crippen LogP) is -1.04. The fraction of sp³-hybridized carbons (Fsp3) is 0.600. The largest absolute Gasteiger partial charge is 0.467 e. The maximum absolute atomic E-state index is 12.2. The van der Waals surface area contributed by atoms with Crippen molar-refractivity contribution < 1.29 is 47.7 Å². The summed E-state index contributed by atoms with van der Waals surface area (Å²) in [6, 6.07) is -1.41. The molecule has 0 aromatic carbocycles. The van der Waals surface area contributed by atoms with E-state index in [0.717, 1.165) is 12.2 Å². The fourth-order valence-electron chi connectivity index (χ4n) is 3.56. The summed E-state index contributed by atoms with van der Waals surface area (Å²) in [4.78, 5) is 73.7. The molecule has 32 heavy (non-hydrogen) atoms. The van der Waals surface area contributed by atoms with E-state index in [1.165, 1.54) is 24.0 Å². The molecular weight excluding hydrogens is 428 g/mol. The summed E-state index contributed by atoms with van der Waals surface area (Å²) in [6.45, 7) is -0.511. The third-order valence-corrected chi connectivity index (χ3v) is 5.12. The minimum Gasteiger partial charge on any atom is -0.467 e. The van der Waals surface area contributed by atoms with Crippen LogP contribution in [0.2, 0.25) is 0 Å². The van der Waals surface area contributed by atoms with Gasteiger partial charge < -0.3 is 28.7 Å². The summed E-state index contributed by atoms with van der Waals surface area (Å²) in [7, 11) is 2.45. The molecule has 2 saturated heterocycles. The predicted molar refractivity (Wildman–Crippen MR) is 105 cm³/mol. The Balaban J connectivity index is 1.73. The van der Waals surface area contributed by atoms with E-state index in [1.54, 1.807) is 0 Å². The van der Waals surface area contributed by atoms with Crippen LogP contribution in [0.25, 0.3) is 0 Å². The Hall–Kier alpha value is -3.44. The van der Waals surface area contributed by atoms with Gasteiger partial charge in [-0.05, 0) is 25.7 Å². The number of carbonyl (C=O) groups is 6. The Morgan fingerprint density at radius 1 is 0.719 bits per heavy atom. The van der Waals surface area contributed by atoms with Crippen LogP contribution >= 0.6 is 0 Å². The third-order valence-electron chi connectivity index (χ3n) is 5.12. The normalized spacial score (nSPS) is 20.2. The highest BCUT2D eigenvalue weighted by Crippen LogP contribution is 2.19. The molecule has 0 saturated carbocycles. The topological polar surface area (TPSA) is 146 Å². The van der Waals surface area contributed by atoms with Crippen LogP contribution in [-0.4, -0.2) is 98.1 Å². The van der Waals surface area contributed by atoms with Crippen molar-refractivity contribution in [3.8, 4) is 0 Å². The molecule has 176 valence electrons. The average molecular weight is 454 g/mol. The molecular formula is C20H26N2O10. The van der Waals surface area contributed by atoms with E-state index < -0.39 is 61.0 Å². The second-order valence-corrected chi connectivity index (χ2v) is 7.09. The second kappa shape index (κ2) is 11.8. The SMILES string of the molecule is COC(=O)[C@@H]1CCCN1C(=O)COC(=O)/C=C/C(=O)OCC(=O)N1CCC[C@H]1C(=O)OC. The summed E-state index contributed by atoms with van der Waals surface area (Å²) in [5, 5.41) is 0. The number of ether oxygens (including phenoxy) is 4. The molecule has 2 amide bonds. The number of hydrogen-bond donors (Lipinski definition) is 0. The van der Waals surface area contributed by atoms with Crippen molar-refractivity contribution in [2.45, 2.75) is 37.8 Å². The van der Waals surface area contributed by atoms with E-state index in [4.69, 9.17) is 9.47 Å². The maximum Gasteiger partial charge on any atom is 0.331 e. The molecule has 0 aromatic rings. The van der Waals surface area contributed by atoms with Crippen LogP contribution in [-0.2, 0) is 47.7 Å². The molecule has 2 fully saturated rings. The van der Waals surface area contributed by atoms with Crippen LogP contribution in [0, 0.1) is 0 Å². The van der Waals surface area contributed by atoms with E-state index in [0.29, 0.717) is 38.8 Å². The quantitative estimate of drug-likeness (QED) is 0.253. The minimum absolute atomic E-state index is 0.347. The van der Waals surface area contributed by atoms with Crippen molar-refractivity contribution in [1.29, 1.82) is 0 Å². The molecule has 2 aliphatic rings. The Kier molecular flexibility index (Phi) is 9.17. The van der Waals surface area contributed by atoms with E-state index in [-0.39, 0.29) is 0 Å². The van der Waals surface area contributed by atoms with E-state index in [9.17, 15) is 28.8 Å². The molecule has 2 aliphatic heterocycles. The molecule has 0 unspecified atom stereocenters. The monoisotopic (exact) mass is 454 g/mol. The number of amides is 2. The van der Waals surface area contributed by atoms with Gasteiger partial charge in [0.1, 0.15) is 12.1 Å². The summed E-state index contributed by atoms with van der Waals surface area (Å²) in [5.74, 6) is -4.13. The van der Waals surface area contributed by atoms with Gasteiger partial charge in [0, 0.05) is 25.2 Å². The highest BCUT2D eigenvalue weighted by Gasteiger charge is 2.36. The van der Waals surface area contributed by atoms with Gasteiger partial charge in [0.05, 0.1) is 14.2 Å². The van der Waals surface area contributed by atoms with Crippen molar-refractivity contribution >= 4 is 35.7 Å². The lowest BCUT2D eigenvalue weighted by molar-refractivity contribution is -0.155. The first kappa shape index (κ1) is 24.8. The molecule has 2 atom stereocenters. The Morgan fingerprint density at radius 2 is 1.09 bits per heavy atom. The molecule has 0 radical (unpaired) electrons. The summed E-state index contributed by atoms with van der Waals surface area (Å²) >= 11 is 0. The van der Waals surface area contributed by atoms with Gasteiger partial charge in [0.25, 0.3) is 11.8 Å². The van der Waals surface area contributed by atoms with Gasteiger partial charge in [-0.15, -0.1) is 0 Å². The number of nitrogens with zero attached hydrogens (tertiary/aromatic N) is 2. The number of carbonyl (C=O) groups excluding carboxylic acids is 6. The maximum atomic E-state index is 12.2. The summed E-state index contributed by atoms with van der Waals surface area (Å²) in [6.07, 6.45) is 3.70. The van der Waals surface area contributed by atoms with Crippen molar-refractivity contribution in [3.63, 3.8) is 0 Å². The van der Waals surface area contributed by atoms with Gasteiger partial charge in [-0.1, -0.05) is 0 Å². The van der Waals surface area contributed by atoms with Gasteiger partial charge in [-0.25, -0.2) is 19.2 Å². The van der Waals surface area contributed by atoms with E-state index in [1.807, 2.05) is 0 Å². The molecule has 2 rings (SSSR count). The van der Waals surface area contributed by atoms with Gasteiger partial charge in [-0.3, -0.25) is 9.59 Å². The highest BCUT2D eigenvalue weighted by molar-refractivity contribution is 5.94. The molecule has 0 N–H and O–H groups in total. The number of rotatable bonds is 8. The highest BCUT2D eigenvalue weighted by atomic mass is 16.5. The van der Waals surface area contributed by atoms with Crippen LogP contribution in [0.5, 0.6) is 0 Å². The lowest BCUT2D eigenvalue weighted by atomic mass is 10.2. The fourth-order valence-corrected chi connectivity index (χ4v) is 3.56. The van der Waals surface area contributed by atoms with Crippen molar-refractivity contribution in [2.24, 2.45) is 0 Å². The lowest BCUT2D eigenvalue weighted by Crippen LogP contribution is -2.43. The molecule has 0 bridgehead atoms. The van der Waals surface area contributed by atoms with Crippen LogP contribution < -0.4 is 0 Å². The second-order valence-electron chi connectivity index (χ2n) is 7.09. The first-order valence-corrected chi connectivity index (χ1v) is 10.0. The Labute approximate surface area is 184 Å². The van der Waals surface area contributed by atoms with Gasteiger partial charge in [0.2, 0.25) is 0 Å². The lowest BCUT2D eigenvalue weighted by Gasteiger charge is -2.22. The van der Waals surface area contributed by atoms with Crippen LogP contribution in [0.15, 0.2) is 12.2 Å². The van der Waals surface area contributed by atoms with Crippen LogP contribution in [0.3, 0.4) is 0 Å². The number of hydrogen-bond acceptors (Lipinski definition) is 10. The van der Waals surface area contributed by atoms with Gasteiger partial charge in [-0.2, -0.15) is 0 Å². The zero-order valence-electron chi connectivity index (χ0n) is 17.9. The molecule has 0 aromatic heterocycles. The smallest absolute Gasteiger partial charge is 0.331 e. The van der Waals surface area contributed by atoms with Crippen molar-refractivity contribution in [2.75, 3.05) is 40.5 Å². The molecule has 2 heterocycles. The number of esters is 4. The Bertz CT molecular complexity index is 729. The van der Waals surface area contributed by atoms with Crippen molar-refractivity contribution in [3.05, 3.63) is 12.2 Å². The standard InChI is InChI=1S/C20H26N2O10/c1-29-19(27)13-5-3-9-21(13)15(23)11-31-17(25)7-8-18(26)32-12-16(24)22-10-4-6-14(22)20(28)30-2/h7-8,13-14H,3-6,9-12H2,1-2H3/b8-7+/t13-,14-/m0/s1. The Morgan fingerprint density at radius 3 is 1.44 bits per heavy atom. The zero-order chi connectivity index (χ0) is 23.7. The molecule has 0 aliphatic carbocycles. The van der Waals surface area contributed by atoms with Gasteiger partial charge >= 0.3 is 23.9 Å². The summed E-state index contributed by atoms with van der Waals surface area (Å²) < 4.78 is 18.9. The number of likely N-dealkylation sites (tertiary alicyclic amines) is 2. The first-order chi connectivity index (χ1) is 15.3. The number of methoxy groups -OCH3 is 2. The van der Waals surface area contributed by atoms with E-state index in [2.05, 4.69) is 9.47 Å². The summed E-state index contributed by atoms with van der Waals surface area (Å²) in [5.41, 5.74) is 0. The van der Waals surface area contributed by atoms with Gasteiger partial charge in [0.15, 0.2) is 13.2 Å². The first-order valence-electron chi connectivity index (χ1n) is 10.0. The van der Waals surface area contributed by atoms with Crippen LogP contribution in [0.1, 0.15) is 25.7 Å². The molecule has 0 spiro atoms. The van der Waals surface area contributed by atoms with Crippen LogP contribution in [0.4, 0.5) is 0 Å². The molecule has 12 heteroatoms. The third kappa shape index (κ3) is 6.53. The van der Waals surface area contributed by atoms with E-state index >= 15 is 0 Å². The average Bonchev–Trinajstić information content (AvgIpc) is 3.48. The van der Waals surface area contributed by atoms with Crippen molar-refractivity contribution in [1.82, 2.24) is 9.80 Å². The zero-order valence-corrected chi connectivity index (χ0v) is 17.9. The molecule has 12 nitrogen and oxygen atoms in total.